The molecule has 1 saturated heterocycles. The SMILES string of the molecule is O=c1cc(N2CCOCC2)oc2c(-c3ccc(Cl)s3)cccc12. The van der Waals surface area contributed by atoms with Gasteiger partial charge in [-0.2, -0.15) is 0 Å². The van der Waals surface area contributed by atoms with E-state index in [9.17, 15) is 4.79 Å². The van der Waals surface area contributed by atoms with Gasteiger partial charge in [0.15, 0.2) is 11.3 Å². The van der Waals surface area contributed by atoms with Crippen LogP contribution in [0.15, 0.2) is 45.6 Å². The molecule has 118 valence electrons. The molecule has 6 heteroatoms. The van der Waals surface area contributed by atoms with Crippen LogP contribution in [0.3, 0.4) is 0 Å². The first kappa shape index (κ1) is 14.8. The molecule has 2 aromatic heterocycles. The highest BCUT2D eigenvalue weighted by molar-refractivity contribution is 7.19. The summed E-state index contributed by atoms with van der Waals surface area (Å²) in [6.45, 7) is 2.73. The third-order valence-electron chi connectivity index (χ3n) is 3.90. The number of fused-ring (bicyclic) bond motifs is 1. The van der Waals surface area contributed by atoms with Crippen molar-refractivity contribution in [2.45, 2.75) is 0 Å². The van der Waals surface area contributed by atoms with Crippen molar-refractivity contribution in [2.75, 3.05) is 31.2 Å². The molecule has 1 aromatic carbocycles. The first-order valence-corrected chi connectivity index (χ1v) is 8.57. The van der Waals surface area contributed by atoms with Crippen molar-refractivity contribution in [3.8, 4) is 10.4 Å². The highest BCUT2D eigenvalue weighted by atomic mass is 35.5. The fraction of sp³-hybridized carbons (Fsp3) is 0.235. The number of para-hydroxylation sites is 1. The summed E-state index contributed by atoms with van der Waals surface area (Å²) in [5.74, 6) is 0.598. The monoisotopic (exact) mass is 347 g/mol. The van der Waals surface area contributed by atoms with E-state index < -0.39 is 0 Å². The van der Waals surface area contributed by atoms with Crippen LogP contribution in [0.4, 0.5) is 5.88 Å². The summed E-state index contributed by atoms with van der Waals surface area (Å²) < 4.78 is 12.2. The zero-order valence-corrected chi connectivity index (χ0v) is 13.8. The molecule has 0 saturated carbocycles. The van der Waals surface area contributed by atoms with Gasteiger partial charge in [-0.3, -0.25) is 4.79 Å². The van der Waals surface area contributed by atoms with Crippen molar-refractivity contribution in [3.63, 3.8) is 0 Å². The first-order chi connectivity index (χ1) is 11.2. The van der Waals surface area contributed by atoms with E-state index in [0.29, 0.717) is 34.4 Å². The predicted molar refractivity (Wildman–Crippen MR) is 93.8 cm³/mol. The largest absolute Gasteiger partial charge is 0.440 e. The molecule has 23 heavy (non-hydrogen) atoms. The molecule has 1 aliphatic rings. The number of rotatable bonds is 2. The van der Waals surface area contributed by atoms with Gasteiger partial charge in [0, 0.05) is 29.6 Å². The molecule has 1 aliphatic heterocycles. The Morgan fingerprint density at radius 2 is 1.96 bits per heavy atom. The molecule has 3 heterocycles. The van der Waals surface area contributed by atoms with E-state index in [4.69, 9.17) is 20.8 Å². The highest BCUT2D eigenvalue weighted by Crippen LogP contribution is 2.36. The number of hydrogen-bond donors (Lipinski definition) is 0. The van der Waals surface area contributed by atoms with E-state index in [0.717, 1.165) is 23.5 Å². The van der Waals surface area contributed by atoms with Gasteiger partial charge in [-0.25, -0.2) is 0 Å². The van der Waals surface area contributed by atoms with Gasteiger partial charge in [0.25, 0.3) is 0 Å². The second-order valence-electron chi connectivity index (χ2n) is 5.33. The lowest BCUT2D eigenvalue weighted by atomic mass is 10.1. The van der Waals surface area contributed by atoms with Gasteiger partial charge in [0.05, 0.1) is 22.9 Å². The van der Waals surface area contributed by atoms with E-state index in [2.05, 4.69) is 0 Å². The quantitative estimate of drug-likeness (QED) is 0.702. The van der Waals surface area contributed by atoms with Gasteiger partial charge >= 0.3 is 0 Å². The molecule has 1 fully saturated rings. The summed E-state index contributed by atoms with van der Waals surface area (Å²) in [7, 11) is 0. The highest BCUT2D eigenvalue weighted by Gasteiger charge is 2.17. The minimum Gasteiger partial charge on any atom is -0.440 e. The number of hydrogen-bond acceptors (Lipinski definition) is 5. The second kappa shape index (κ2) is 6.00. The lowest BCUT2D eigenvalue weighted by Gasteiger charge is -2.27. The van der Waals surface area contributed by atoms with Crippen molar-refractivity contribution in [2.24, 2.45) is 0 Å². The van der Waals surface area contributed by atoms with Crippen LogP contribution in [0.5, 0.6) is 0 Å². The summed E-state index contributed by atoms with van der Waals surface area (Å²) >= 11 is 7.52. The lowest BCUT2D eigenvalue weighted by Crippen LogP contribution is -2.36. The summed E-state index contributed by atoms with van der Waals surface area (Å²) in [5, 5.41) is 0.587. The Balaban J connectivity index is 1.90. The molecule has 4 rings (SSSR count). The molecule has 0 amide bonds. The summed E-state index contributed by atoms with van der Waals surface area (Å²) in [6, 6.07) is 11.0. The van der Waals surface area contributed by atoms with Crippen LogP contribution < -0.4 is 10.3 Å². The van der Waals surface area contributed by atoms with Gasteiger partial charge in [-0.1, -0.05) is 17.7 Å². The number of thiophene rings is 1. The van der Waals surface area contributed by atoms with Crippen molar-refractivity contribution in [3.05, 3.63) is 51.0 Å². The van der Waals surface area contributed by atoms with Gasteiger partial charge in [0.2, 0.25) is 0 Å². The third kappa shape index (κ3) is 2.76. The van der Waals surface area contributed by atoms with Crippen LogP contribution in [0.2, 0.25) is 4.34 Å². The smallest absolute Gasteiger partial charge is 0.200 e. The minimum atomic E-state index is -0.0303. The number of anilines is 1. The molecule has 0 spiro atoms. The molecule has 0 radical (unpaired) electrons. The zero-order valence-electron chi connectivity index (χ0n) is 12.3. The van der Waals surface area contributed by atoms with Gasteiger partial charge in [-0.05, 0) is 24.3 Å². The third-order valence-corrected chi connectivity index (χ3v) is 5.17. The normalized spacial score (nSPS) is 15.3. The maximum atomic E-state index is 12.5. The lowest BCUT2D eigenvalue weighted by molar-refractivity contribution is 0.121. The molecule has 0 unspecified atom stereocenters. The van der Waals surface area contributed by atoms with Crippen molar-refractivity contribution < 1.29 is 9.15 Å². The van der Waals surface area contributed by atoms with E-state index in [1.54, 1.807) is 12.1 Å². The Morgan fingerprint density at radius 1 is 1.13 bits per heavy atom. The molecular weight excluding hydrogens is 334 g/mol. The first-order valence-electron chi connectivity index (χ1n) is 7.38. The fourth-order valence-corrected chi connectivity index (χ4v) is 3.82. The zero-order chi connectivity index (χ0) is 15.8. The number of ether oxygens (including phenoxy) is 1. The Morgan fingerprint density at radius 3 is 2.70 bits per heavy atom. The Kier molecular flexibility index (Phi) is 3.85. The van der Waals surface area contributed by atoms with Crippen LogP contribution in [0, 0.1) is 0 Å². The van der Waals surface area contributed by atoms with E-state index in [-0.39, 0.29) is 5.43 Å². The van der Waals surface area contributed by atoms with Crippen molar-refractivity contribution >= 4 is 39.8 Å². The minimum absolute atomic E-state index is 0.0303. The van der Waals surface area contributed by atoms with E-state index in [1.807, 2.05) is 29.2 Å². The Bertz CT molecular complexity index is 912. The van der Waals surface area contributed by atoms with Crippen LogP contribution in [-0.2, 0) is 4.74 Å². The molecular formula is C17H14ClNO3S. The van der Waals surface area contributed by atoms with Gasteiger partial charge < -0.3 is 14.1 Å². The van der Waals surface area contributed by atoms with Gasteiger partial charge in [0.1, 0.15) is 5.58 Å². The Labute approximate surface area is 141 Å². The van der Waals surface area contributed by atoms with Crippen LogP contribution in [0.1, 0.15) is 0 Å². The van der Waals surface area contributed by atoms with Crippen molar-refractivity contribution in [1.29, 1.82) is 0 Å². The van der Waals surface area contributed by atoms with Crippen LogP contribution in [-0.4, -0.2) is 26.3 Å². The number of benzene rings is 1. The Hall–Kier alpha value is -1.82. The average Bonchev–Trinajstić information content (AvgIpc) is 3.01. The number of morpholine rings is 1. The maximum Gasteiger partial charge on any atom is 0.200 e. The van der Waals surface area contributed by atoms with E-state index in [1.165, 1.54) is 11.3 Å². The van der Waals surface area contributed by atoms with E-state index >= 15 is 0 Å². The summed E-state index contributed by atoms with van der Waals surface area (Å²) in [4.78, 5) is 15.5. The van der Waals surface area contributed by atoms with Crippen LogP contribution in [0.25, 0.3) is 21.4 Å². The van der Waals surface area contributed by atoms with Crippen molar-refractivity contribution in [1.82, 2.24) is 0 Å². The molecule has 3 aromatic rings. The molecule has 0 bridgehead atoms. The summed E-state index contributed by atoms with van der Waals surface area (Å²) in [6.07, 6.45) is 0. The molecule has 0 atom stereocenters. The molecule has 4 nitrogen and oxygen atoms in total. The predicted octanol–water partition coefficient (Wildman–Crippen LogP) is 4.01. The summed E-state index contributed by atoms with van der Waals surface area (Å²) in [5.41, 5.74) is 1.48. The maximum absolute atomic E-state index is 12.5. The number of nitrogens with zero attached hydrogens (tertiary/aromatic N) is 1. The van der Waals surface area contributed by atoms with Gasteiger partial charge in [-0.15, -0.1) is 11.3 Å². The van der Waals surface area contributed by atoms with Crippen LogP contribution >= 0.6 is 22.9 Å². The molecule has 0 N–H and O–H groups in total. The standard InChI is InChI=1S/C17H14ClNO3S/c18-15-5-4-14(23-15)12-3-1-2-11-13(20)10-16(22-17(11)12)19-6-8-21-9-7-19/h1-5,10H,6-9H2. The topological polar surface area (TPSA) is 42.7 Å². The fourth-order valence-electron chi connectivity index (χ4n) is 2.76. The average molecular weight is 348 g/mol. The second-order valence-corrected chi connectivity index (χ2v) is 7.05. The molecule has 0 aliphatic carbocycles. The number of halogens is 1.